The third-order valence-corrected chi connectivity index (χ3v) is 3.10. The van der Waals surface area contributed by atoms with Crippen molar-refractivity contribution in [2.75, 3.05) is 33.4 Å². The van der Waals surface area contributed by atoms with Gasteiger partial charge in [-0.05, 0) is 30.5 Å². The van der Waals surface area contributed by atoms with Crippen LogP contribution in [0.1, 0.15) is 29.8 Å². The summed E-state index contributed by atoms with van der Waals surface area (Å²) in [6, 6.07) is 7.71. The molecule has 1 aromatic rings. The van der Waals surface area contributed by atoms with Gasteiger partial charge in [-0.1, -0.05) is 32.0 Å². The zero-order chi connectivity index (χ0) is 15.0. The minimum absolute atomic E-state index is 0.0693. The third-order valence-electron chi connectivity index (χ3n) is 3.10. The zero-order valence-corrected chi connectivity index (χ0v) is 12.8. The second kappa shape index (κ2) is 8.72. The molecular formula is C16H26N2O2. The van der Waals surface area contributed by atoms with Gasteiger partial charge in [0.2, 0.25) is 0 Å². The Morgan fingerprint density at radius 3 is 2.65 bits per heavy atom. The number of benzene rings is 1. The average molecular weight is 278 g/mol. The SMILES string of the molecule is COCCN(CC(C)C)C(=O)c1ccccc1CCN. The molecule has 1 amide bonds. The minimum Gasteiger partial charge on any atom is -0.383 e. The Morgan fingerprint density at radius 1 is 1.35 bits per heavy atom. The fraction of sp³-hybridized carbons (Fsp3) is 0.562. The molecule has 0 saturated heterocycles. The Hall–Kier alpha value is -1.39. The number of nitrogens with two attached hydrogens (primary N) is 1. The summed E-state index contributed by atoms with van der Waals surface area (Å²) in [5, 5.41) is 0. The monoisotopic (exact) mass is 278 g/mol. The minimum atomic E-state index is 0.0693. The van der Waals surface area contributed by atoms with Crippen LogP contribution in [0.5, 0.6) is 0 Å². The summed E-state index contributed by atoms with van der Waals surface area (Å²) >= 11 is 0. The van der Waals surface area contributed by atoms with Crippen LogP contribution < -0.4 is 5.73 Å². The van der Waals surface area contributed by atoms with Gasteiger partial charge in [-0.3, -0.25) is 4.79 Å². The molecule has 0 fully saturated rings. The van der Waals surface area contributed by atoms with Crippen molar-refractivity contribution in [1.29, 1.82) is 0 Å². The second-order valence-electron chi connectivity index (χ2n) is 5.33. The maximum atomic E-state index is 12.7. The van der Waals surface area contributed by atoms with Gasteiger partial charge in [0.25, 0.3) is 5.91 Å². The van der Waals surface area contributed by atoms with Crippen LogP contribution in [0.3, 0.4) is 0 Å². The number of carbonyl (C=O) groups excluding carboxylic acids is 1. The van der Waals surface area contributed by atoms with Crippen molar-refractivity contribution in [3.63, 3.8) is 0 Å². The lowest BCUT2D eigenvalue weighted by Gasteiger charge is -2.25. The van der Waals surface area contributed by atoms with E-state index in [1.165, 1.54) is 0 Å². The summed E-state index contributed by atoms with van der Waals surface area (Å²) < 4.78 is 5.10. The molecule has 4 heteroatoms. The van der Waals surface area contributed by atoms with Crippen LogP contribution in [-0.2, 0) is 11.2 Å². The molecule has 1 aromatic carbocycles. The Morgan fingerprint density at radius 2 is 2.05 bits per heavy atom. The summed E-state index contributed by atoms with van der Waals surface area (Å²) in [5.41, 5.74) is 7.40. The molecule has 0 aliphatic heterocycles. The van der Waals surface area contributed by atoms with Gasteiger partial charge in [0.05, 0.1) is 6.61 Å². The van der Waals surface area contributed by atoms with Crippen LogP contribution in [0.25, 0.3) is 0 Å². The normalized spacial score (nSPS) is 10.8. The molecule has 0 spiro atoms. The summed E-state index contributed by atoms with van der Waals surface area (Å²) in [6.07, 6.45) is 0.724. The van der Waals surface area contributed by atoms with Crippen LogP contribution in [0.2, 0.25) is 0 Å². The highest BCUT2D eigenvalue weighted by atomic mass is 16.5. The number of ether oxygens (including phenoxy) is 1. The molecule has 1 rings (SSSR count). The van der Waals surface area contributed by atoms with Crippen molar-refractivity contribution in [2.24, 2.45) is 11.7 Å². The predicted molar refractivity (Wildman–Crippen MR) is 81.8 cm³/mol. The van der Waals surface area contributed by atoms with Crippen LogP contribution in [0.4, 0.5) is 0 Å². The fourth-order valence-corrected chi connectivity index (χ4v) is 2.19. The largest absolute Gasteiger partial charge is 0.383 e. The number of amides is 1. The Bertz CT molecular complexity index is 419. The van der Waals surface area contributed by atoms with Gasteiger partial charge in [-0.15, -0.1) is 0 Å². The molecule has 0 unspecified atom stereocenters. The molecule has 4 nitrogen and oxygen atoms in total. The van der Waals surface area contributed by atoms with Crippen molar-refractivity contribution >= 4 is 5.91 Å². The van der Waals surface area contributed by atoms with Crippen molar-refractivity contribution in [1.82, 2.24) is 4.90 Å². The van der Waals surface area contributed by atoms with E-state index in [0.29, 0.717) is 25.6 Å². The van der Waals surface area contributed by atoms with E-state index >= 15 is 0 Å². The van der Waals surface area contributed by atoms with E-state index in [4.69, 9.17) is 10.5 Å². The summed E-state index contributed by atoms with van der Waals surface area (Å²) in [6.45, 7) is 6.67. The van der Waals surface area contributed by atoms with Gasteiger partial charge in [0.1, 0.15) is 0 Å². The highest BCUT2D eigenvalue weighted by molar-refractivity contribution is 5.95. The molecule has 0 aliphatic rings. The van der Waals surface area contributed by atoms with Crippen LogP contribution in [0, 0.1) is 5.92 Å². The van der Waals surface area contributed by atoms with E-state index in [9.17, 15) is 4.79 Å². The zero-order valence-electron chi connectivity index (χ0n) is 12.8. The lowest BCUT2D eigenvalue weighted by atomic mass is 10.0. The van der Waals surface area contributed by atoms with Gasteiger partial charge in [-0.25, -0.2) is 0 Å². The van der Waals surface area contributed by atoms with E-state index in [0.717, 1.165) is 24.1 Å². The quantitative estimate of drug-likeness (QED) is 0.790. The van der Waals surface area contributed by atoms with Crippen molar-refractivity contribution in [2.45, 2.75) is 20.3 Å². The Labute approximate surface area is 121 Å². The highest BCUT2D eigenvalue weighted by Crippen LogP contribution is 2.13. The first kappa shape index (κ1) is 16.7. The van der Waals surface area contributed by atoms with E-state index < -0.39 is 0 Å². The predicted octanol–water partition coefficient (Wildman–Crippen LogP) is 1.93. The molecule has 0 aliphatic carbocycles. The standard InChI is InChI=1S/C16H26N2O2/c1-13(2)12-18(10-11-20-3)16(19)15-7-5-4-6-14(15)8-9-17/h4-7,13H,8-12,17H2,1-3H3. The summed E-state index contributed by atoms with van der Waals surface area (Å²) in [5.74, 6) is 0.497. The highest BCUT2D eigenvalue weighted by Gasteiger charge is 2.18. The van der Waals surface area contributed by atoms with E-state index in [1.54, 1.807) is 7.11 Å². The second-order valence-corrected chi connectivity index (χ2v) is 5.33. The number of hydrogen-bond acceptors (Lipinski definition) is 3. The van der Waals surface area contributed by atoms with E-state index in [-0.39, 0.29) is 5.91 Å². The summed E-state index contributed by atoms with van der Waals surface area (Å²) in [4.78, 5) is 14.6. The lowest BCUT2D eigenvalue weighted by molar-refractivity contribution is 0.0671. The van der Waals surface area contributed by atoms with E-state index in [1.807, 2.05) is 29.2 Å². The Balaban J connectivity index is 2.92. The molecule has 0 bridgehead atoms. The molecule has 0 aromatic heterocycles. The smallest absolute Gasteiger partial charge is 0.254 e. The van der Waals surface area contributed by atoms with Gasteiger partial charge < -0.3 is 15.4 Å². The first-order valence-electron chi connectivity index (χ1n) is 7.16. The molecular weight excluding hydrogens is 252 g/mol. The molecule has 0 atom stereocenters. The van der Waals surface area contributed by atoms with Crippen molar-refractivity contribution in [3.05, 3.63) is 35.4 Å². The van der Waals surface area contributed by atoms with Crippen molar-refractivity contribution < 1.29 is 9.53 Å². The van der Waals surface area contributed by atoms with Gasteiger partial charge >= 0.3 is 0 Å². The molecule has 112 valence electrons. The van der Waals surface area contributed by atoms with Crippen molar-refractivity contribution in [3.8, 4) is 0 Å². The Kier molecular flexibility index (Phi) is 7.26. The third kappa shape index (κ3) is 4.94. The molecule has 20 heavy (non-hydrogen) atoms. The molecule has 2 N–H and O–H groups in total. The first-order valence-corrected chi connectivity index (χ1v) is 7.16. The van der Waals surface area contributed by atoms with Crippen LogP contribution in [0.15, 0.2) is 24.3 Å². The number of hydrogen-bond donors (Lipinski definition) is 1. The lowest BCUT2D eigenvalue weighted by Crippen LogP contribution is -2.37. The molecule has 0 heterocycles. The van der Waals surface area contributed by atoms with Gasteiger partial charge in [0.15, 0.2) is 0 Å². The number of methoxy groups -OCH3 is 1. The van der Waals surface area contributed by atoms with Gasteiger partial charge in [-0.2, -0.15) is 0 Å². The fourth-order valence-electron chi connectivity index (χ4n) is 2.19. The summed E-state index contributed by atoms with van der Waals surface area (Å²) in [7, 11) is 1.65. The number of carbonyl (C=O) groups is 1. The number of nitrogens with zero attached hydrogens (tertiary/aromatic N) is 1. The van der Waals surface area contributed by atoms with Crippen LogP contribution >= 0.6 is 0 Å². The van der Waals surface area contributed by atoms with E-state index in [2.05, 4.69) is 13.8 Å². The maximum absolute atomic E-state index is 12.7. The first-order chi connectivity index (χ1) is 9.60. The average Bonchev–Trinajstić information content (AvgIpc) is 2.43. The maximum Gasteiger partial charge on any atom is 0.254 e. The molecule has 0 radical (unpaired) electrons. The van der Waals surface area contributed by atoms with Gasteiger partial charge in [0, 0.05) is 25.8 Å². The topological polar surface area (TPSA) is 55.6 Å². The number of rotatable bonds is 8. The molecule has 0 saturated carbocycles. The van der Waals surface area contributed by atoms with Crippen LogP contribution in [-0.4, -0.2) is 44.2 Å².